The molecule has 1 aliphatic carbocycles. The Kier molecular flexibility index (Phi) is 4.29. The lowest BCUT2D eigenvalue weighted by Gasteiger charge is -2.44. The van der Waals surface area contributed by atoms with Crippen LogP contribution in [0.1, 0.15) is 52.4 Å². The van der Waals surface area contributed by atoms with Gasteiger partial charge in [-0.3, -0.25) is 4.79 Å². The number of carboxylic acids is 1. The zero-order valence-corrected chi connectivity index (χ0v) is 14.2. The van der Waals surface area contributed by atoms with E-state index in [1.165, 1.54) is 0 Å². The third-order valence-corrected chi connectivity index (χ3v) is 6.54. The Labute approximate surface area is 138 Å². The zero-order chi connectivity index (χ0) is 16.7. The first-order valence-electron chi connectivity index (χ1n) is 8.93. The van der Waals surface area contributed by atoms with Crippen LogP contribution in [-0.2, 0) is 4.79 Å². The number of piperidine rings is 1. The first-order valence-corrected chi connectivity index (χ1v) is 8.93. The van der Waals surface area contributed by atoms with Crippen LogP contribution < -0.4 is 10.6 Å². The van der Waals surface area contributed by atoms with Crippen molar-refractivity contribution in [1.29, 1.82) is 0 Å². The van der Waals surface area contributed by atoms with Crippen molar-refractivity contribution in [1.82, 2.24) is 15.5 Å². The number of hydrogen-bond acceptors (Lipinski definition) is 3. The standard InChI is InChI=1S/C17H29N3O3/c1-3-12-10-13(4-5-16(12,2)14(21)22)20-11-17(19-15(20)23)6-8-18-9-7-17/h12-13,18H,3-11H2,1-2H3,(H,19,23)(H,21,22). The Morgan fingerprint density at radius 1 is 1.35 bits per heavy atom. The minimum atomic E-state index is -0.691. The molecule has 130 valence electrons. The molecule has 0 aromatic rings. The largest absolute Gasteiger partial charge is 0.481 e. The summed E-state index contributed by atoms with van der Waals surface area (Å²) in [6.45, 7) is 6.62. The number of nitrogens with zero attached hydrogens (tertiary/aromatic N) is 1. The molecule has 2 heterocycles. The molecule has 6 heteroatoms. The van der Waals surface area contributed by atoms with Gasteiger partial charge in [-0.15, -0.1) is 0 Å². The number of nitrogens with one attached hydrogen (secondary N) is 2. The number of urea groups is 1. The fourth-order valence-corrected chi connectivity index (χ4v) is 4.78. The molecule has 6 nitrogen and oxygen atoms in total. The van der Waals surface area contributed by atoms with Crippen molar-refractivity contribution in [3.8, 4) is 0 Å². The van der Waals surface area contributed by atoms with Gasteiger partial charge >= 0.3 is 12.0 Å². The molecule has 3 unspecified atom stereocenters. The van der Waals surface area contributed by atoms with Crippen LogP contribution >= 0.6 is 0 Å². The van der Waals surface area contributed by atoms with Gasteiger partial charge < -0.3 is 20.6 Å². The average molecular weight is 323 g/mol. The molecule has 23 heavy (non-hydrogen) atoms. The summed E-state index contributed by atoms with van der Waals surface area (Å²) < 4.78 is 0. The summed E-state index contributed by atoms with van der Waals surface area (Å²) in [6, 6.07) is 0.229. The molecule has 0 aromatic heterocycles. The molecule has 3 atom stereocenters. The van der Waals surface area contributed by atoms with Gasteiger partial charge in [-0.2, -0.15) is 0 Å². The normalized spacial score (nSPS) is 37.0. The molecule has 3 aliphatic rings. The topological polar surface area (TPSA) is 81.7 Å². The second kappa shape index (κ2) is 5.96. The third kappa shape index (κ3) is 2.82. The fourth-order valence-electron chi connectivity index (χ4n) is 4.78. The number of amides is 2. The van der Waals surface area contributed by atoms with Gasteiger partial charge in [-0.25, -0.2) is 4.79 Å². The fraction of sp³-hybridized carbons (Fsp3) is 0.882. The number of carbonyl (C=O) groups is 2. The van der Waals surface area contributed by atoms with Gasteiger partial charge in [-0.05, 0) is 58.0 Å². The van der Waals surface area contributed by atoms with Crippen LogP contribution in [0.15, 0.2) is 0 Å². The molecular weight excluding hydrogens is 294 g/mol. The summed E-state index contributed by atoms with van der Waals surface area (Å²) in [5.74, 6) is -0.556. The summed E-state index contributed by atoms with van der Waals surface area (Å²) in [5, 5.41) is 16.2. The van der Waals surface area contributed by atoms with Crippen LogP contribution in [0.2, 0.25) is 0 Å². The highest BCUT2D eigenvalue weighted by Gasteiger charge is 2.50. The lowest BCUT2D eigenvalue weighted by atomic mass is 9.65. The van der Waals surface area contributed by atoms with E-state index in [-0.39, 0.29) is 23.5 Å². The predicted octanol–water partition coefficient (Wildman–Crippen LogP) is 1.80. The van der Waals surface area contributed by atoms with E-state index in [2.05, 4.69) is 17.6 Å². The molecule has 3 N–H and O–H groups in total. The molecule has 0 bridgehead atoms. The first-order chi connectivity index (χ1) is 10.9. The van der Waals surface area contributed by atoms with Crippen LogP contribution in [0.5, 0.6) is 0 Å². The summed E-state index contributed by atoms with van der Waals surface area (Å²) in [6.07, 6.45) is 5.06. The number of carboxylic acid groups (broad SMARTS) is 1. The van der Waals surface area contributed by atoms with Crippen molar-refractivity contribution in [2.75, 3.05) is 19.6 Å². The molecule has 1 saturated carbocycles. The highest BCUT2D eigenvalue weighted by molar-refractivity contribution is 5.78. The molecule has 2 amide bonds. The quantitative estimate of drug-likeness (QED) is 0.740. The predicted molar refractivity (Wildman–Crippen MR) is 87.2 cm³/mol. The first kappa shape index (κ1) is 16.6. The molecule has 3 rings (SSSR count). The van der Waals surface area contributed by atoms with E-state index in [0.29, 0.717) is 6.42 Å². The highest BCUT2D eigenvalue weighted by Crippen LogP contribution is 2.45. The lowest BCUT2D eigenvalue weighted by Crippen LogP contribution is -2.51. The minimum absolute atomic E-state index is 0.0469. The summed E-state index contributed by atoms with van der Waals surface area (Å²) in [5.41, 5.74) is -0.717. The van der Waals surface area contributed by atoms with E-state index in [1.807, 2.05) is 11.8 Å². The van der Waals surface area contributed by atoms with Gasteiger partial charge in [-0.1, -0.05) is 13.3 Å². The molecular formula is C17H29N3O3. The zero-order valence-electron chi connectivity index (χ0n) is 14.2. The average Bonchev–Trinajstić information content (AvgIpc) is 2.84. The molecule has 2 aliphatic heterocycles. The maximum absolute atomic E-state index is 12.5. The maximum atomic E-state index is 12.5. The molecule has 0 aromatic carbocycles. The van der Waals surface area contributed by atoms with Crippen molar-refractivity contribution in [3.05, 3.63) is 0 Å². The molecule has 0 radical (unpaired) electrons. The number of aliphatic carboxylic acids is 1. The Morgan fingerprint density at radius 2 is 2.04 bits per heavy atom. The Bertz CT molecular complexity index is 489. The van der Waals surface area contributed by atoms with E-state index in [4.69, 9.17) is 0 Å². The van der Waals surface area contributed by atoms with E-state index in [1.54, 1.807) is 0 Å². The number of rotatable bonds is 3. The van der Waals surface area contributed by atoms with Gasteiger partial charge in [0.1, 0.15) is 0 Å². The van der Waals surface area contributed by atoms with E-state index in [0.717, 1.165) is 51.7 Å². The van der Waals surface area contributed by atoms with Crippen molar-refractivity contribution in [2.24, 2.45) is 11.3 Å². The second-order valence-corrected chi connectivity index (χ2v) is 7.84. The van der Waals surface area contributed by atoms with Crippen molar-refractivity contribution < 1.29 is 14.7 Å². The summed E-state index contributed by atoms with van der Waals surface area (Å²) in [4.78, 5) is 26.2. The van der Waals surface area contributed by atoms with Gasteiger partial charge in [0.2, 0.25) is 0 Å². The van der Waals surface area contributed by atoms with Crippen LogP contribution in [0.3, 0.4) is 0 Å². The molecule has 1 spiro atoms. The third-order valence-electron chi connectivity index (χ3n) is 6.54. The van der Waals surface area contributed by atoms with Gasteiger partial charge in [0.05, 0.1) is 11.0 Å². The summed E-state index contributed by atoms with van der Waals surface area (Å²) >= 11 is 0. The van der Waals surface area contributed by atoms with Crippen LogP contribution in [0.25, 0.3) is 0 Å². The Hall–Kier alpha value is -1.30. The molecule has 3 fully saturated rings. The van der Waals surface area contributed by atoms with Crippen LogP contribution in [0.4, 0.5) is 4.79 Å². The maximum Gasteiger partial charge on any atom is 0.318 e. The van der Waals surface area contributed by atoms with Gasteiger partial charge in [0, 0.05) is 12.6 Å². The number of carbonyl (C=O) groups excluding carboxylic acids is 1. The van der Waals surface area contributed by atoms with E-state index < -0.39 is 11.4 Å². The summed E-state index contributed by atoms with van der Waals surface area (Å²) in [7, 11) is 0. The van der Waals surface area contributed by atoms with Gasteiger partial charge in [0.25, 0.3) is 0 Å². The highest BCUT2D eigenvalue weighted by atomic mass is 16.4. The van der Waals surface area contributed by atoms with Crippen molar-refractivity contribution >= 4 is 12.0 Å². The lowest BCUT2D eigenvalue weighted by molar-refractivity contribution is -0.154. The monoisotopic (exact) mass is 323 g/mol. The van der Waals surface area contributed by atoms with E-state index >= 15 is 0 Å². The number of hydrogen-bond donors (Lipinski definition) is 3. The molecule has 2 saturated heterocycles. The van der Waals surface area contributed by atoms with Crippen LogP contribution in [0, 0.1) is 11.3 Å². The van der Waals surface area contributed by atoms with Gasteiger partial charge in [0.15, 0.2) is 0 Å². The van der Waals surface area contributed by atoms with Crippen LogP contribution in [-0.4, -0.2) is 53.2 Å². The van der Waals surface area contributed by atoms with Crippen molar-refractivity contribution in [3.63, 3.8) is 0 Å². The van der Waals surface area contributed by atoms with E-state index in [9.17, 15) is 14.7 Å². The van der Waals surface area contributed by atoms with Crippen molar-refractivity contribution in [2.45, 2.75) is 64.0 Å². The smallest absolute Gasteiger partial charge is 0.318 e. The second-order valence-electron chi connectivity index (χ2n) is 7.84. The Morgan fingerprint density at radius 3 is 2.65 bits per heavy atom. The minimum Gasteiger partial charge on any atom is -0.481 e. The SMILES string of the molecule is CCC1CC(N2CC3(CCNCC3)NC2=O)CCC1(C)C(=O)O. The Balaban J connectivity index is 1.71.